The van der Waals surface area contributed by atoms with E-state index in [0.717, 1.165) is 12.1 Å². The fraction of sp³-hybridized carbons (Fsp3) is 0.423. The van der Waals surface area contributed by atoms with Gasteiger partial charge in [-0.1, -0.05) is 0 Å². The molecule has 2 saturated heterocycles. The second-order valence-corrected chi connectivity index (χ2v) is 9.70. The highest BCUT2D eigenvalue weighted by molar-refractivity contribution is 5.88. The summed E-state index contributed by atoms with van der Waals surface area (Å²) in [4.78, 5) is 0. The van der Waals surface area contributed by atoms with Gasteiger partial charge in [-0.15, -0.1) is 0 Å². The highest BCUT2D eigenvalue weighted by atomic mass is 16.8. The van der Waals surface area contributed by atoms with Gasteiger partial charge in [0.1, 0.15) is 53.5 Å². The van der Waals surface area contributed by atoms with Crippen LogP contribution < -0.4 is 4.74 Å². The minimum absolute atomic E-state index is 0.00950. The van der Waals surface area contributed by atoms with Gasteiger partial charge in [0.05, 0.1) is 24.8 Å². The summed E-state index contributed by atoms with van der Waals surface area (Å²) in [5, 5.41) is 101. The van der Waals surface area contributed by atoms with Crippen LogP contribution in [0.3, 0.4) is 0 Å². The van der Waals surface area contributed by atoms with E-state index in [0.29, 0.717) is 0 Å². The zero-order valence-corrected chi connectivity index (χ0v) is 21.1. The van der Waals surface area contributed by atoms with Gasteiger partial charge < -0.3 is 70.0 Å². The molecule has 1 aromatic heterocycles. The number of aliphatic hydroxyl groups is 6. The van der Waals surface area contributed by atoms with Crippen molar-refractivity contribution in [1.82, 2.24) is 0 Å². The minimum atomic E-state index is -1.80. The summed E-state index contributed by atoms with van der Waals surface area (Å²) >= 11 is 0. The maximum Gasteiger partial charge on any atom is 0.402 e. The van der Waals surface area contributed by atoms with Gasteiger partial charge in [0.25, 0.3) is 0 Å². The first kappa shape index (κ1) is 29.0. The predicted molar refractivity (Wildman–Crippen MR) is 134 cm³/mol. The molecule has 2 aliphatic rings. The molecule has 3 heterocycles. The van der Waals surface area contributed by atoms with E-state index in [-0.39, 0.29) is 33.8 Å². The summed E-state index contributed by atoms with van der Waals surface area (Å²) in [5.41, 5.74) is 0.139. The molecule has 0 aliphatic carbocycles. The highest BCUT2D eigenvalue weighted by Crippen LogP contribution is 2.42. The molecule has 15 nitrogen and oxygen atoms in total. The van der Waals surface area contributed by atoms with Gasteiger partial charge in [0.15, 0.2) is 23.9 Å². The first-order valence-corrected chi connectivity index (χ1v) is 12.4. The Hall–Kier alpha value is -3.51. The quantitative estimate of drug-likeness (QED) is 0.122. The molecule has 0 spiro atoms. The number of fused-ring (bicyclic) bond motifs is 1. The van der Waals surface area contributed by atoms with Crippen molar-refractivity contribution in [3.05, 3.63) is 36.4 Å². The Morgan fingerprint density at radius 1 is 0.805 bits per heavy atom. The fourth-order valence-corrected chi connectivity index (χ4v) is 4.61. The van der Waals surface area contributed by atoms with Crippen molar-refractivity contribution in [1.29, 1.82) is 0 Å². The number of benzene rings is 2. The molecule has 3 aromatic rings. The van der Waals surface area contributed by atoms with Crippen molar-refractivity contribution in [3.63, 3.8) is 0 Å². The largest absolute Gasteiger partial charge is 0.507 e. The fourth-order valence-electron chi connectivity index (χ4n) is 4.61. The number of hydrogen-bond acceptors (Lipinski definition) is 14. The summed E-state index contributed by atoms with van der Waals surface area (Å²) in [7, 11) is 0. The van der Waals surface area contributed by atoms with Crippen molar-refractivity contribution in [3.8, 4) is 40.1 Å². The van der Waals surface area contributed by atoms with Crippen LogP contribution in [0, 0.1) is 0 Å². The number of aliphatic hydroxyl groups excluding tert-OH is 6. The number of phenolic OH excluding ortho intramolecular Hbond substituents is 4. The van der Waals surface area contributed by atoms with Crippen molar-refractivity contribution in [2.24, 2.45) is 0 Å². The van der Waals surface area contributed by atoms with Crippen molar-refractivity contribution in [2.75, 3.05) is 13.2 Å². The van der Waals surface area contributed by atoms with Crippen LogP contribution in [0.15, 0.2) is 40.8 Å². The van der Waals surface area contributed by atoms with Gasteiger partial charge in [-0.05, 0) is 12.1 Å². The molecule has 2 aromatic carbocycles. The molecule has 0 radical (unpaired) electrons. The topological polar surface area (TPSA) is 251 Å². The van der Waals surface area contributed by atoms with Gasteiger partial charge in [0.2, 0.25) is 12.0 Å². The summed E-state index contributed by atoms with van der Waals surface area (Å²) in [6.45, 7) is -1.18. The van der Waals surface area contributed by atoms with E-state index < -0.39 is 85.8 Å². The number of ether oxygens (including phenoxy) is 4. The molecule has 2 aliphatic heterocycles. The van der Waals surface area contributed by atoms with Gasteiger partial charge in [-0.2, -0.15) is 0 Å². The van der Waals surface area contributed by atoms with E-state index in [1.54, 1.807) is 0 Å². The Morgan fingerprint density at radius 3 is 2.27 bits per heavy atom. The third kappa shape index (κ3) is 5.54. The van der Waals surface area contributed by atoms with Crippen molar-refractivity contribution in [2.45, 2.75) is 55.3 Å². The Balaban J connectivity index is 1.57. The van der Waals surface area contributed by atoms with Crippen molar-refractivity contribution < 1.29 is 74.4 Å². The number of rotatable bonds is 6. The minimum Gasteiger partial charge on any atom is -0.507 e. The van der Waals surface area contributed by atoms with Gasteiger partial charge in [0, 0.05) is 18.2 Å². The Kier molecular flexibility index (Phi) is 8.06. The Labute approximate surface area is 230 Å². The van der Waals surface area contributed by atoms with Crippen molar-refractivity contribution >= 4 is 11.0 Å². The molecule has 41 heavy (non-hydrogen) atoms. The summed E-state index contributed by atoms with van der Waals surface area (Å²) < 4.78 is 28.5. The van der Waals surface area contributed by atoms with Crippen LogP contribution in [0.25, 0.3) is 22.3 Å². The number of aromatic hydroxyl groups is 4. The van der Waals surface area contributed by atoms with Crippen LogP contribution in [0.5, 0.6) is 28.7 Å². The van der Waals surface area contributed by atoms with Crippen LogP contribution in [0.4, 0.5) is 0 Å². The van der Waals surface area contributed by atoms with E-state index in [9.17, 15) is 51.1 Å². The first-order valence-electron chi connectivity index (χ1n) is 12.4. The monoisotopic (exact) mass is 581 g/mol. The molecule has 222 valence electrons. The maximum absolute atomic E-state index is 10.9. The molecule has 0 bridgehead atoms. The van der Waals surface area contributed by atoms with Crippen LogP contribution in [0.2, 0.25) is 0 Å². The molecular formula is C26H29O15+. The number of phenols is 4. The van der Waals surface area contributed by atoms with Gasteiger partial charge >= 0.3 is 11.3 Å². The van der Waals surface area contributed by atoms with Crippen LogP contribution >= 0.6 is 0 Å². The van der Waals surface area contributed by atoms with Gasteiger partial charge in [-0.3, -0.25) is 0 Å². The normalized spacial score (nSPS) is 32.2. The first-order chi connectivity index (χ1) is 19.5. The lowest BCUT2D eigenvalue weighted by Crippen LogP contribution is -2.63. The molecule has 15 heteroatoms. The van der Waals surface area contributed by atoms with E-state index >= 15 is 0 Å². The van der Waals surface area contributed by atoms with Gasteiger partial charge in [-0.25, -0.2) is 4.42 Å². The summed E-state index contributed by atoms with van der Waals surface area (Å²) in [6.07, 6.45) is -14.6. The number of hydrogen-bond donors (Lipinski definition) is 10. The maximum atomic E-state index is 10.9. The lowest BCUT2D eigenvalue weighted by molar-refractivity contribution is -0.344. The Bertz CT molecular complexity index is 1400. The smallest absolute Gasteiger partial charge is 0.402 e. The third-order valence-electron chi connectivity index (χ3n) is 6.87. The molecule has 5 rings (SSSR count). The average Bonchev–Trinajstić information content (AvgIpc) is 2.94. The zero-order chi connectivity index (χ0) is 29.6. The summed E-state index contributed by atoms with van der Waals surface area (Å²) in [6, 6.07) is 7.19. The standard InChI is InChI=1S/C26H28O15/c27-7-18-20(34)21(35)24(41-25-22(36)19(33)15(32)8-37-25)26(40-18)39-17-6-11-13(30)4-10(28)5-16(11)38-23(17)9-1-2-12(29)14(31)3-9/h1-6,15,18-22,24-27,32-36H,7-8H2,(H3-,28,29,30,31)/p+1/t15-,18-,19+,20+,21+,22-,24-,25+,26-/m1/s1. The lowest BCUT2D eigenvalue weighted by atomic mass is 9.98. The van der Waals surface area contributed by atoms with Crippen LogP contribution in [-0.4, -0.2) is 120 Å². The zero-order valence-electron chi connectivity index (χ0n) is 21.1. The second-order valence-electron chi connectivity index (χ2n) is 9.70. The van der Waals surface area contributed by atoms with Crippen LogP contribution in [0.1, 0.15) is 0 Å². The van der Waals surface area contributed by atoms with E-state index in [1.807, 2.05) is 0 Å². The van der Waals surface area contributed by atoms with E-state index in [4.69, 9.17) is 23.4 Å². The van der Waals surface area contributed by atoms with Crippen LogP contribution in [-0.2, 0) is 14.2 Å². The van der Waals surface area contributed by atoms with E-state index in [2.05, 4.69) is 0 Å². The molecule has 2 fully saturated rings. The Morgan fingerprint density at radius 2 is 1.56 bits per heavy atom. The van der Waals surface area contributed by atoms with E-state index in [1.165, 1.54) is 24.3 Å². The SMILES string of the molecule is OC[C@H]1O[C@@H](Oc2cc3c(O)cc(O)cc3[o+]c2-c2ccc(O)c(O)c2)[C@H](O[C@@H]2OC[C@@H](O)[C@H](O)[C@H]2O)[C@@H](O)[C@H]1O. The second kappa shape index (κ2) is 11.4. The molecule has 0 amide bonds. The molecule has 9 atom stereocenters. The molecule has 0 unspecified atom stereocenters. The lowest BCUT2D eigenvalue weighted by Gasteiger charge is -2.44. The summed E-state index contributed by atoms with van der Waals surface area (Å²) in [5.74, 6) is -1.98. The predicted octanol–water partition coefficient (Wildman–Crippen LogP) is -1.15. The molecule has 10 N–H and O–H groups in total. The average molecular weight is 582 g/mol. The molecule has 0 saturated carbocycles. The molecular weight excluding hydrogens is 552 g/mol. The third-order valence-corrected chi connectivity index (χ3v) is 6.87. The highest BCUT2D eigenvalue weighted by Gasteiger charge is 2.50.